The van der Waals surface area contributed by atoms with E-state index in [1.54, 1.807) is 13.4 Å². The Bertz CT molecular complexity index is 50.3. The SMILES string of the molecule is C/C=C/OC.OCCO. The monoisotopic (exact) mass is 134 g/mol. The topological polar surface area (TPSA) is 49.7 Å². The van der Waals surface area contributed by atoms with Crippen molar-refractivity contribution in [2.45, 2.75) is 6.92 Å². The summed E-state index contributed by atoms with van der Waals surface area (Å²) in [5, 5.41) is 15.2. The van der Waals surface area contributed by atoms with Gasteiger partial charge in [-0.1, -0.05) is 6.08 Å². The van der Waals surface area contributed by atoms with Crippen molar-refractivity contribution in [3.63, 3.8) is 0 Å². The van der Waals surface area contributed by atoms with E-state index >= 15 is 0 Å². The van der Waals surface area contributed by atoms with Crippen LogP contribution in [0.3, 0.4) is 0 Å². The van der Waals surface area contributed by atoms with Crippen LogP contribution in [0.4, 0.5) is 0 Å². The van der Waals surface area contributed by atoms with E-state index in [0.29, 0.717) is 0 Å². The van der Waals surface area contributed by atoms with E-state index in [-0.39, 0.29) is 13.2 Å². The molecule has 0 aliphatic rings. The first-order chi connectivity index (χ1) is 4.33. The molecule has 0 amide bonds. The van der Waals surface area contributed by atoms with Crippen LogP contribution in [0.5, 0.6) is 0 Å². The molecule has 3 heteroatoms. The maximum Gasteiger partial charge on any atom is 0.0781 e. The molecule has 9 heavy (non-hydrogen) atoms. The van der Waals surface area contributed by atoms with Gasteiger partial charge in [-0.05, 0) is 6.92 Å². The molecule has 2 N–H and O–H groups in total. The summed E-state index contributed by atoms with van der Waals surface area (Å²) in [5.41, 5.74) is 0. The molecule has 0 fully saturated rings. The average Bonchev–Trinajstić information content (AvgIpc) is 1.91. The van der Waals surface area contributed by atoms with E-state index in [0.717, 1.165) is 0 Å². The number of hydrogen-bond acceptors (Lipinski definition) is 3. The molecule has 0 rings (SSSR count). The standard InChI is InChI=1S/C4H8O.C2H6O2/c1-3-4-5-2;3-1-2-4/h3-4H,1-2H3;3-4H,1-2H2/b4-3+;. The molecule has 0 aromatic rings. The number of rotatable bonds is 2. The second-order valence-corrected chi connectivity index (χ2v) is 1.15. The van der Waals surface area contributed by atoms with Crippen molar-refractivity contribution in [3.05, 3.63) is 12.3 Å². The highest BCUT2D eigenvalue weighted by atomic mass is 16.5. The Hall–Kier alpha value is -0.540. The Morgan fingerprint density at radius 3 is 1.78 bits per heavy atom. The molecule has 0 saturated heterocycles. The number of methoxy groups -OCH3 is 1. The normalized spacial score (nSPS) is 8.44. The van der Waals surface area contributed by atoms with Crippen molar-refractivity contribution in [3.8, 4) is 0 Å². The molecule has 0 heterocycles. The molecule has 3 nitrogen and oxygen atoms in total. The molecular formula is C6H14O3. The summed E-state index contributed by atoms with van der Waals surface area (Å²) in [5.74, 6) is 0. The number of hydrogen-bond donors (Lipinski definition) is 2. The van der Waals surface area contributed by atoms with Gasteiger partial charge < -0.3 is 14.9 Å². The van der Waals surface area contributed by atoms with Crippen LogP contribution in [-0.2, 0) is 4.74 Å². The number of allylic oxidation sites excluding steroid dienone is 1. The Balaban J connectivity index is 0. The molecule has 0 aliphatic heterocycles. The van der Waals surface area contributed by atoms with Gasteiger partial charge in [0, 0.05) is 0 Å². The molecule has 0 bridgehead atoms. The number of aliphatic hydroxyl groups is 2. The van der Waals surface area contributed by atoms with Crippen LogP contribution in [0.15, 0.2) is 12.3 Å². The molecule has 0 saturated carbocycles. The van der Waals surface area contributed by atoms with Crippen molar-refractivity contribution < 1.29 is 14.9 Å². The maximum atomic E-state index is 7.62. The zero-order valence-electron chi connectivity index (χ0n) is 5.87. The Morgan fingerprint density at radius 2 is 1.78 bits per heavy atom. The van der Waals surface area contributed by atoms with E-state index in [1.807, 2.05) is 13.0 Å². The van der Waals surface area contributed by atoms with Crippen molar-refractivity contribution in [1.29, 1.82) is 0 Å². The van der Waals surface area contributed by atoms with E-state index < -0.39 is 0 Å². The highest BCUT2D eigenvalue weighted by Crippen LogP contribution is 1.64. The second-order valence-electron chi connectivity index (χ2n) is 1.15. The highest BCUT2D eigenvalue weighted by Gasteiger charge is 1.58. The van der Waals surface area contributed by atoms with Gasteiger partial charge >= 0.3 is 0 Å². The number of aliphatic hydroxyl groups excluding tert-OH is 2. The van der Waals surface area contributed by atoms with Crippen molar-refractivity contribution >= 4 is 0 Å². The summed E-state index contributed by atoms with van der Waals surface area (Å²) in [6, 6.07) is 0. The summed E-state index contributed by atoms with van der Waals surface area (Å²) >= 11 is 0. The fourth-order valence-electron chi connectivity index (χ4n) is 0.136. The van der Waals surface area contributed by atoms with Crippen LogP contribution in [0.25, 0.3) is 0 Å². The third kappa shape index (κ3) is 36.7. The van der Waals surface area contributed by atoms with Gasteiger partial charge in [0.2, 0.25) is 0 Å². The molecule has 56 valence electrons. The lowest BCUT2D eigenvalue weighted by Gasteiger charge is -1.76. The molecule has 0 unspecified atom stereocenters. The maximum absolute atomic E-state index is 7.62. The zero-order chi connectivity index (χ0) is 7.54. The van der Waals surface area contributed by atoms with Gasteiger partial charge in [0.25, 0.3) is 0 Å². The van der Waals surface area contributed by atoms with E-state index in [9.17, 15) is 0 Å². The van der Waals surface area contributed by atoms with E-state index in [1.165, 1.54) is 0 Å². The lowest BCUT2D eigenvalue weighted by atomic mass is 10.7. The Morgan fingerprint density at radius 1 is 1.33 bits per heavy atom. The molecule has 0 aromatic carbocycles. The third-order valence-corrected chi connectivity index (χ3v) is 0.372. The van der Waals surface area contributed by atoms with Crippen LogP contribution in [0.1, 0.15) is 6.92 Å². The average molecular weight is 134 g/mol. The molecule has 0 aliphatic carbocycles. The summed E-state index contributed by atoms with van der Waals surface area (Å²) in [4.78, 5) is 0. The zero-order valence-corrected chi connectivity index (χ0v) is 5.87. The van der Waals surface area contributed by atoms with Gasteiger partial charge in [0.15, 0.2) is 0 Å². The van der Waals surface area contributed by atoms with Crippen molar-refractivity contribution in [2.75, 3.05) is 20.3 Å². The van der Waals surface area contributed by atoms with E-state index in [2.05, 4.69) is 4.74 Å². The second kappa shape index (κ2) is 15.7. The predicted molar refractivity (Wildman–Crippen MR) is 36.0 cm³/mol. The lowest BCUT2D eigenvalue weighted by Crippen LogP contribution is -1.85. The van der Waals surface area contributed by atoms with Crippen LogP contribution in [-0.4, -0.2) is 30.5 Å². The van der Waals surface area contributed by atoms with Crippen LogP contribution in [0, 0.1) is 0 Å². The summed E-state index contributed by atoms with van der Waals surface area (Å²) < 4.78 is 4.51. The Labute approximate surface area is 55.6 Å². The van der Waals surface area contributed by atoms with Gasteiger partial charge in [-0.25, -0.2) is 0 Å². The van der Waals surface area contributed by atoms with Gasteiger partial charge in [-0.2, -0.15) is 0 Å². The largest absolute Gasteiger partial charge is 0.505 e. The third-order valence-electron chi connectivity index (χ3n) is 0.372. The minimum atomic E-state index is -0.125. The highest BCUT2D eigenvalue weighted by molar-refractivity contribution is 4.63. The molecule has 0 aromatic heterocycles. The van der Waals surface area contributed by atoms with Crippen LogP contribution < -0.4 is 0 Å². The van der Waals surface area contributed by atoms with Gasteiger partial charge in [-0.3, -0.25) is 0 Å². The molecular weight excluding hydrogens is 120 g/mol. The summed E-state index contributed by atoms with van der Waals surface area (Å²) in [6.45, 7) is 1.66. The summed E-state index contributed by atoms with van der Waals surface area (Å²) in [6.07, 6.45) is 3.46. The smallest absolute Gasteiger partial charge is 0.0781 e. The van der Waals surface area contributed by atoms with Crippen LogP contribution >= 0.6 is 0 Å². The minimum absolute atomic E-state index is 0.125. The predicted octanol–water partition coefficient (Wildman–Crippen LogP) is 0.137. The molecule has 0 atom stereocenters. The number of ether oxygens (including phenoxy) is 1. The van der Waals surface area contributed by atoms with Gasteiger partial charge in [0.1, 0.15) is 0 Å². The quantitative estimate of drug-likeness (QED) is 0.528. The lowest BCUT2D eigenvalue weighted by molar-refractivity contribution is 0.186. The van der Waals surface area contributed by atoms with Crippen molar-refractivity contribution in [2.24, 2.45) is 0 Å². The fourth-order valence-corrected chi connectivity index (χ4v) is 0.136. The van der Waals surface area contributed by atoms with Gasteiger partial charge in [0.05, 0.1) is 26.6 Å². The minimum Gasteiger partial charge on any atom is -0.505 e. The van der Waals surface area contributed by atoms with Crippen LogP contribution in [0.2, 0.25) is 0 Å². The first-order valence-electron chi connectivity index (χ1n) is 2.69. The Kier molecular flexibility index (Phi) is 19.6. The first-order valence-corrected chi connectivity index (χ1v) is 2.69. The van der Waals surface area contributed by atoms with E-state index in [4.69, 9.17) is 10.2 Å². The van der Waals surface area contributed by atoms with Crippen molar-refractivity contribution in [1.82, 2.24) is 0 Å². The molecule has 0 radical (unpaired) electrons. The summed E-state index contributed by atoms with van der Waals surface area (Å²) in [7, 11) is 1.62. The first kappa shape index (κ1) is 11.3. The fraction of sp³-hybridized carbons (Fsp3) is 0.667. The molecule has 0 spiro atoms. The van der Waals surface area contributed by atoms with Gasteiger partial charge in [-0.15, -0.1) is 0 Å².